The van der Waals surface area contributed by atoms with Gasteiger partial charge in [0.2, 0.25) is 5.91 Å². The minimum atomic E-state index is -1.57. The Bertz CT molecular complexity index is 1270. The molecular weight excluding hydrogens is 582 g/mol. The molecule has 0 aliphatic rings. The lowest BCUT2D eigenvalue weighted by atomic mass is 9.94. The Labute approximate surface area is 230 Å². The van der Waals surface area contributed by atoms with Gasteiger partial charge in [-0.05, 0) is 61.0 Å². The number of carbonyl (C=O) groups is 2. The molecule has 0 bridgehead atoms. The predicted octanol–water partition coefficient (Wildman–Crippen LogP) is 8.19. The summed E-state index contributed by atoms with van der Waals surface area (Å²) in [6.45, 7) is 1.43. The van der Waals surface area contributed by atoms with Gasteiger partial charge in [-0.1, -0.05) is 46.4 Å². The Morgan fingerprint density at radius 3 is 2.09 bits per heavy atom. The minimum absolute atomic E-state index is 0.0148. The maximum absolute atomic E-state index is 13.6. The van der Waals surface area contributed by atoms with Crippen LogP contribution in [0.5, 0.6) is 0 Å². The molecular formula is C23H16Cl6FN3O2. The third kappa shape index (κ3) is 6.85. The van der Waals surface area contributed by atoms with E-state index in [4.69, 9.17) is 75.3 Å². The smallest absolute Gasteiger partial charge is 0.257 e. The van der Waals surface area contributed by atoms with Crippen molar-refractivity contribution in [3.05, 3.63) is 85.6 Å². The summed E-state index contributed by atoms with van der Waals surface area (Å²) in [5.74, 6) is -3.01. The maximum atomic E-state index is 13.6. The van der Waals surface area contributed by atoms with Crippen LogP contribution in [-0.4, -0.2) is 16.1 Å². The van der Waals surface area contributed by atoms with Crippen LogP contribution in [0, 0.1) is 5.82 Å². The van der Waals surface area contributed by atoms with Crippen LogP contribution in [0.1, 0.15) is 28.8 Å². The summed E-state index contributed by atoms with van der Waals surface area (Å²) in [6, 6.07) is 10.7. The van der Waals surface area contributed by atoms with Gasteiger partial charge in [-0.2, -0.15) is 0 Å². The number of nitrogens with two attached hydrogens (primary N) is 1. The van der Waals surface area contributed by atoms with E-state index in [1.165, 1.54) is 43.3 Å². The molecule has 3 rings (SSSR count). The molecule has 0 saturated carbocycles. The molecule has 12 heteroatoms. The molecule has 0 radical (unpaired) electrons. The molecule has 5 nitrogen and oxygen atoms in total. The Morgan fingerprint density at radius 2 is 1.51 bits per heavy atom. The molecule has 0 heterocycles. The second-order valence-electron chi connectivity index (χ2n) is 7.60. The first-order valence-corrected chi connectivity index (χ1v) is 12.0. The van der Waals surface area contributed by atoms with Crippen LogP contribution in [0.25, 0.3) is 0 Å². The van der Waals surface area contributed by atoms with Crippen LogP contribution in [0.2, 0.25) is 20.1 Å². The zero-order chi connectivity index (χ0) is 26.1. The van der Waals surface area contributed by atoms with Gasteiger partial charge in [-0.25, -0.2) is 4.39 Å². The van der Waals surface area contributed by atoms with E-state index < -0.39 is 27.9 Å². The topological polar surface area (TPSA) is 84.2 Å². The van der Waals surface area contributed by atoms with Gasteiger partial charge in [-0.3, -0.25) is 9.59 Å². The number of amides is 2. The van der Waals surface area contributed by atoms with Gasteiger partial charge >= 0.3 is 0 Å². The zero-order valence-electron chi connectivity index (χ0n) is 17.7. The molecule has 184 valence electrons. The van der Waals surface area contributed by atoms with Crippen molar-refractivity contribution in [2.45, 2.75) is 17.2 Å². The third-order valence-corrected chi connectivity index (χ3v) is 6.73. The number of nitrogen functional groups attached to an aromatic ring is 1. The molecule has 0 saturated heterocycles. The average Bonchev–Trinajstić information content (AvgIpc) is 2.71. The first-order valence-electron chi connectivity index (χ1n) is 9.76. The lowest BCUT2D eigenvalue weighted by molar-refractivity contribution is -0.117. The van der Waals surface area contributed by atoms with Crippen molar-refractivity contribution in [1.82, 2.24) is 0 Å². The van der Waals surface area contributed by atoms with Gasteiger partial charge in [0, 0.05) is 17.1 Å². The van der Waals surface area contributed by atoms with Gasteiger partial charge < -0.3 is 16.4 Å². The van der Waals surface area contributed by atoms with E-state index in [2.05, 4.69) is 10.6 Å². The number of hydrogen-bond donors (Lipinski definition) is 3. The van der Waals surface area contributed by atoms with Crippen LogP contribution in [0.3, 0.4) is 0 Å². The van der Waals surface area contributed by atoms with Crippen molar-refractivity contribution in [3.63, 3.8) is 0 Å². The highest BCUT2D eigenvalue weighted by Gasteiger charge is 2.38. The number of alkyl halides is 2. The normalized spacial score (nSPS) is 12.2. The van der Waals surface area contributed by atoms with Crippen LogP contribution >= 0.6 is 69.6 Å². The van der Waals surface area contributed by atoms with E-state index >= 15 is 0 Å². The van der Waals surface area contributed by atoms with Gasteiger partial charge in [0.15, 0.2) is 0 Å². The largest absolute Gasteiger partial charge is 0.399 e. The van der Waals surface area contributed by atoms with E-state index in [-0.39, 0.29) is 42.7 Å². The van der Waals surface area contributed by atoms with Crippen molar-refractivity contribution in [2.75, 3.05) is 16.4 Å². The molecule has 0 spiro atoms. The molecule has 0 fully saturated rings. The molecule has 0 aromatic heterocycles. The Balaban J connectivity index is 1.89. The van der Waals surface area contributed by atoms with Crippen molar-refractivity contribution in [3.8, 4) is 0 Å². The van der Waals surface area contributed by atoms with Crippen LogP contribution in [0.4, 0.5) is 21.5 Å². The van der Waals surface area contributed by atoms with Crippen molar-refractivity contribution in [2.24, 2.45) is 0 Å². The number of benzene rings is 3. The quantitative estimate of drug-likeness (QED) is 0.152. The zero-order valence-corrected chi connectivity index (χ0v) is 22.3. The highest BCUT2D eigenvalue weighted by atomic mass is 35.5. The van der Waals surface area contributed by atoms with Crippen LogP contribution in [0.15, 0.2) is 48.5 Å². The summed E-state index contributed by atoms with van der Waals surface area (Å²) in [7, 11) is 0. The molecule has 2 amide bonds. The summed E-state index contributed by atoms with van der Waals surface area (Å²) in [5.41, 5.74) is 6.43. The highest BCUT2D eigenvalue weighted by molar-refractivity contribution is 6.50. The second kappa shape index (κ2) is 11.0. The Hall–Kier alpha value is -1.93. The summed E-state index contributed by atoms with van der Waals surface area (Å²) < 4.78 is 12.0. The van der Waals surface area contributed by atoms with E-state index in [1.54, 1.807) is 0 Å². The SMILES string of the molecule is CC(Cl)(Cl)[C@H](C(=O)Nc1ccc(Cl)c(C(=O)Nc2cc(N)cc(F)c2)c1)c1cc(Cl)c(Cl)c(Cl)c1. The third-order valence-electron chi connectivity index (χ3n) is 4.77. The second-order valence-corrected chi connectivity index (χ2v) is 11.0. The van der Waals surface area contributed by atoms with E-state index in [0.717, 1.165) is 12.1 Å². The van der Waals surface area contributed by atoms with Gasteiger partial charge in [0.1, 0.15) is 10.2 Å². The standard InChI is InChI=1S/C23H16Cl6FN3O2/c1-23(28,29)19(10-4-17(25)20(27)18(26)5-10)22(35)32-13-2-3-16(24)15(9-13)21(34)33-14-7-11(30)6-12(31)8-14/h2-9,19H,31H2,1H3,(H,32,35)(H,33,34)/t19-/m0/s1. The van der Waals surface area contributed by atoms with Crippen molar-refractivity contribution in [1.29, 1.82) is 0 Å². The fourth-order valence-corrected chi connectivity index (χ4v) is 4.56. The lowest BCUT2D eigenvalue weighted by Crippen LogP contribution is -2.32. The first-order chi connectivity index (χ1) is 16.3. The molecule has 3 aromatic carbocycles. The predicted molar refractivity (Wildman–Crippen MR) is 143 cm³/mol. The fourth-order valence-electron chi connectivity index (χ4n) is 3.29. The number of halogens is 7. The van der Waals surface area contributed by atoms with Gasteiger partial charge in [-0.15, -0.1) is 23.2 Å². The lowest BCUT2D eigenvalue weighted by Gasteiger charge is -2.26. The number of rotatable bonds is 6. The van der Waals surface area contributed by atoms with E-state index in [0.29, 0.717) is 5.56 Å². The van der Waals surface area contributed by atoms with E-state index in [9.17, 15) is 14.0 Å². The number of carbonyl (C=O) groups excluding carboxylic acids is 2. The van der Waals surface area contributed by atoms with Crippen LogP contribution in [-0.2, 0) is 4.79 Å². The molecule has 0 aliphatic heterocycles. The first kappa shape index (κ1) is 27.7. The van der Waals surface area contributed by atoms with Crippen LogP contribution < -0.4 is 16.4 Å². The molecule has 1 atom stereocenters. The average molecular weight is 598 g/mol. The molecule has 0 unspecified atom stereocenters. The monoisotopic (exact) mass is 595 g/mol. The maximum Gasteiger partial charge on any atom is 0.257 e. The molecule has 3 aromatic rings. The van der Waals surface area contributed by atoms with E-state index in [1.807, 2.05) is 0 Å². The minimum Gasteiger partial charge on any atom is -0.399 e. The summed E-state index contributed by atoms with van der Waals surface area (Å²) in [5, 5.41) is 5.62. The number of hydrogen-bond acceptors (Lipinski definition) is 3. The van der Waals surface area contributed by atoms with Crippen molar-refractivity contribution >= 4 is 98.5 Å². The molecule has 35 heavy (non-hydrogen) atoms. The number of nitrogens with one attached hydrogen (secondary N) is 2. The molecule has 4 N–H and O–H groups in total. The Morgan fingerprint density at radius 1 is 0.886 bits per heavy atom. The summed E-state index contributed by atoms with van der Waals surface area (Å²) >= 11 is 37.1. The Kier molecular flexibility index (Phi) is 8.69. The van der Waals surface area contributed by atoms with Gasteiger partial charge in [0.25, 0.3) is 5.91 Å². The summed E-state index contributed by atoms with van der Waals surface area (Å²) in [4.78, 5) is 26.0. The van der Waals surface area contributed by atoms with Crippen molar-refractivity contribution < 1.29 is 14.0 Å². The fraction of sp³-hybridized carbons (Fsp3) is 0.130. The number of anilines is 3. The van der Waals surface area contributed by atoms with Gasteiger partial charge in [0.05, 0.1) is 31.6 Å². The highest BCUT2D eigenvalue weighted by Crippen LogP contribution is 2.42. The summed E-state index contributed by atoms with van der Waals surface area (Å²) in [6.07, 6.45) is 0. The molecule has 0 aliphatic carbocycles.